The van der Waals surface area contributed by atoms with E-state index in [0.717, 1.165) is 27.8 Å². The molecular weight excluding hydrogens is 536 g/mol. The number of carbonyl (C=O) groups is 4. The number of methoxy groups -OCH3 is 1. The van der Waals surface area contributed by atoms with E-state index in [4.69, 9.17) is 14.2 Å². The van der Waals surface area contributed by atoms with Gasteiger partial charge < -0.3 is 24.8 Å². The molecule has 1 aliphatic rings. The summed E-state index contributed by atoms with van der Waals surface area (Å²) in [6.07, 6.45) is -1.19. The zero-order valence-electron chi connectivity index (χ0n) is 24.2. The van der Waals surface area contributed by atoms with Crippen molar-refractivity contribution in [1.82, 2.24) is 10.6 Å². The van der Waals surface area contributed by atoms with E-state index in [0.29, 0.717) is 0 Å². The van der Waals surface area contributed by atoms with Crippen molar-refractivity contribution in [3.63, 3.8) is 0 Å². The summed E-state index contributed by atoms with van der Waals surface area (Å²) in [4.78, 5) is 51.6. The monoisotopic (exact) mass is 572 g/mol. The maximum absolute atomic E-state index is 13.4. The number of esters is 2. The molecule has 42 heavy (non-hydrogen) atoms. The average Bonchev–Trinajstić information content (AvgIpc) is 3.28. The van der Waals surface area contributed by atoms with Crippen LogP contribution in [0.2, 0.25) is 0 Å². The first-order valence-electron chi connectivity index (χ1n) is 13.8. The number of hydrogen-bond acceptors (Lipinski definition) is 7. The van der Waals surface area contributed by atoms with Crippen LogP contribution in [0.3, 0.4) is 0 Å². The van der Waals surface area contributed by atoms with Crippen LogP contribution in [0.4, 0.5) is 4.79 Å². The molecule has 9 heteroatoms. The van der Waals surface area contributed by atoms with Gasteiger partial charge in [-0.1, -0.05) is 78.9 Å². The smallest absolute Gasteiger partial charge is 0.407 e. The van der Waals surface area contributed by atoms with Gasteiger partial charge in [-0.25, -0.2) is 9.59 Å². The highest BCUT2D eigenvalue weighted by Crippen LogP contribution is 2.44. The van der Waals surface area contributed by atoms with Gasteiger partial charge in [-0.2, -0.15) is 0 Å². The second-order valence-corrected chi connectivity index (χ2v) is 11.1. The van der Waals surface area contributed by atoms with E-state index < -0.39 is 48.0 Å². The highest BCUT2D eigenvalue weighted by atomic mass is 16.6. The van der Waals surface area contributed by atoms with Gasteiger partial charge >= 0.3 is 18.0 Å². The summed E-state index contributed by atoms with van der Waals surface area (Å²) < 4.78 is 15.9. The summed E-state index contributed by atoms with van der Waals surface area (Å²) >= 11 is 0. The predicted molar refractivity (Wildman–Crippen MR) is 157 cm³/mol. The molecule has 0 saturated heterocycles. The van der Waals surface area contributed by atoms with E-state index in [1.54, 1.807) is 20.8 Å². The molecule has 0 unspecified atom stereocenters. The molecule has 3 aromatic carbocycles. The van der Waals surface area contributed by atoms with Gasteiger partial charge in [0.25, 0.3) is 0 Å². The maximum atomic E-state index is 13.4. The third-order valence-electron chi connectivity index (χ3n) is 6.83. The van der Waals surface area contributed by atoms with Crippen LogP contribution in [0.1, 0.15) is 49.8 Å². The van der Waals surface area contributed by atoms with Crippen LogP contribution in [-0.2, 0) is 35.0 Å². The van der Waals surface area contributed by atoms with Gasteiger partial charge in [0.2, 0.25) is 5.91 Å². The topological polar surface area (TPSA) is 120 Å². The van der Waals surface area contributed by atoms with Crippen molar-refractivity contribution < 1.29 is 33.4 Å². The zero-order chi connectivity index (χ0) is 30.3. The van der Waals surface area contributed by atoms with E-state index in [1.807, 2.05) is 78.9 Å². The van der Waals surface area contributed by atoms with E-state index in [9.17, 15) is 19.2 Å². The number of carbonyl (C=O) groups excluding carboxylic acids is 4. The zero-order valence-corrected chi connectivity index (χ0v) is 24.2. The lowest BCUT2D eigenvalue weighted by Crippen LogP contribution is -2.53. The first-order chi connectivity index (χ1) is 20.1. The van der Waals surface area contributed by atoms with Crippen LogP contribution in [0.15, 0.2) is 78.9 Å². The molecule has 2 amide bonds. The number of fused-ring (bicyclic) bond motifs is 3. The van der Waals surface area contributed by atoms with Crippen LogP contribution in [0.5, 0.6) is 0 Å². The van der Waals surface area contributed by atoms with Crippen molar-refractivity contribution in [2.45, 2.75) is 57.2 Å². The summed E-state index contributed by atoms with van der Waals surface area (Å²) in [5.74, 6) is -2.29. The van der Waals surface area contributed by atoms with Gasteiger partial charge in [-0.05, 0) is 48.6 Å². The number of ether oxygens (including phenoxy) is 3. The van der Waals surface area contributed by atoms with E-state index in [2.05, 4.69) is 10.6 Å². The Morgan fingerprint density at radius 3 is 1.93 bits per heavy atom. The number of benzene rings is 3. The summed E-state index contributed by atoms with van der Waals surface area (Å²) in [5.41, 5.74) is 4.23. The minimum atomic E-state index is -1.36. The highest BCUT2D eigenvalue weighted by molar-refractivity contribution is 5.92. The Morgan fingerprint density at radius 1 is 0.786 bits per heavy atom. The Hall–Kier alpha value is -4.66. The van der Waals surface area contributed by atoms with Crippen molar-refractivity contribution >= 4 is 23.9 Å². The molecule has 4 rings (SSSR count). The molecule has 0 saturated carbocycles. The lowest BCUT2D eigenvalue weighted by molar-refractivity contribution is -0.156. The Labute approximate surface area is 245 Å². The second-order valence-electron chi connectivity index (χ2n) is 11.1. The fraction of sp³-hybridized carbons (Fsp3) is 0.333. The summed E-state index contributed by atoms with van der Waals surface area (Å²) in [6.45, 7) is 5.13. The van der Waals surface area contributed by atoms with E-state index >= 15 is 0 Å². The minimum absolute atomic E-state index is 0.0272. The summed E-state index contributed by atoms with van der Waals surface area (Å²) in [6, 6.07) is 22.5. The van der Waals surface area contributed by atoms with Crippen LogP contribution >= 0.6 is 0 Å². The van der Waals surface area contributed by atoms with Gasteiger partial charge in [0.1, 0.15) is 24.3 Å². The van der Waals surface area contributed by atoms with Gasteiger partial charge in [0.15, 0.2) is 0 Å². The molecule has 0 radical (unpaired) electrons. The molecule has 0 aromatic heterocycles. The molecule has 0 fully saturated rings. The molecule has 1 aliphatic carbocycles. The molecule has 0 spiro atoms. The minimum Gasteiger partial charge on any atom is -0.467 e. The molecule has 0 heterocycles. The van der Waals surface area contributed by atoms with Crippen molar-refractivity contribution in [3.05, 3.63) is 95.6 Å². The molecule has 2 N–H and O–H groups in total. The van der Waals surface area contributed by atoms with Crippen LogP contribution in [0, 0.1) is 0 Å². The fourth-order valence-electron chi connectivity index (χ4n) is 5.00. The lowest BCUT2D eigenvalue weighted by atomic mass is 9.98. The summed E-state index contributed by atoms with van der Waals surface area (Å²) in [7, 11) is 1.22. The SMILES string of the molecule is COC(=O)[C@H](Cc1ccccc1)NC(=O)[C@H](CC(=O)OC(C)(C)C)NC(=O)OCC1c2ccccc2-c2ccccc21. The number of nitrogens with one attached hydrogen (secondary N) is 2. The Morgan fingerprint density at radius 2 is 1.36 bits per heavy atom. The molecule has 0 aliphatic heterocycles. The van der Waals surface area contributed by atoms with Gasteiger partial charge in [0, 0.05) is 12.3 Å². The van der Waals surface area contributed by atoms with E-state index in [-0.39, 0.29) is 18.9 Å². The third-order valence-corrected chi connectivity index (χ3v) is 6.83. The highest BCUT2D eigenvalue weighted by Gasteiger charge is 2.33. The van der Waals surface area contributed by atoms with Crippen molar-refractivity contribution in [2.75, 3.05) is 13.7 Å². The molecule has 0 bridgehead atoms. The lowest BCUT2D eigenvalue weighted by Gasteiger charge is -2.24. The van der Waals surface area contributed by atoms with Crippen molar-refractivity contribution in [3.8, 4) is 11.1 Å². The van der Waals surface area contributed by atoms with Gasteiger partial charge in [-0.15, -0.1) is 0 Å². The third kappa shape index (κ3) is 7.75. The first-order valence-corrected chi connectivity index (χ1v) is 13.8. The number of amides is 2. The Bertz CT molecular complexity index is 1390. The molecule has 3 aromatic rings. The molecule has 220 valence electrons. The van der Waals surface area contributed by atoms with E-state index in [1.165, 1.54) is 7.11 Å². The Balaban J connectivity index is 1.47. The number of hydrogen-bond donors (Lipinski definition) is 2. The van der Waals surface area contributed by atoms with Crippen LogP contribution < -0.4 is 10.6 Å². The fourth-order valence-corrected chi connectivity index (χ4v) is 5.00. The quantitative estimate of drug-likeness (QED) is 0.271. The van der Waals surface area contributed by atoms with Crippen LogP contribution in [0.25, 0.3) is 11.1 Å². The summed E-state index contributed by atoms with van der Waals surface area (Å²) in [5, 5.41) is 5.13. The van der Waals surface area contributed by atoms with Gasteiger partial charge in [-0.3, -0.25) is 9.59 Å². The second kappa shape index (κ2) is 13.3. The molecule has 2 atom stereocenters. The average molecular weight is 573 g/mol. The maximum Gasteiger partial charge on any atom is 0.407 e. The molecular formula is C33H36N2O7. The van der Waals surface area contributed by atoms with Gasteiger partial charge in [0.05, 0.1) is 13.5 Å². The number of rotatable bonds is 10. The largest absolute Gasteiger partial charge is 0.467 e. The Kier molecular flexibility index (Phi) is 9.62. The van der Waals surface area contributed by atoms with Crippen LogP contribution in [-0.4, -0.2) is 55.3 Å². The first kappa shape index (κ1) is 30.3. The standard InChI is InChI=1S/C33H36N2O7/c1-33(2,3)42-29(36)19-27(30(37)34-28(31(38)40-4)18-21-12-6-5-7-13-21)35-32(39)41-20-26-24-16-10-8-14-22(24)23-15-9-11-17-25(23)26/h5-17,26-28H,18-20H2,1-4H3,(H,34,37)(H,35,39)/t27-,28-/m0/s1. The van der Waals surface area contributed by atoms with Crippen molar-refractivity contribution in [1.29, 1.82) is 0 Å². The predicted octanol–water partition coefficient (Wildman–Crippen LogP) is 4.53. The molecule has 9 nitrogen and oxygen atoms in total. The number of alkyl carbamates (subject to hydrolysis) is 1. The normalized spacial score (nSPS) is 13.6. The van der Waals surface area contributed by atoms with Crippen molar-refractivity contribution in [2.24, 2.45) is 0 Å².